The molecule has 88 valence electrons. The third kappa shape index (κ3) is 2.66. The number of rotatable bonds is 3. The lowest BCUT2D eigenvalue weighted by Gasteiger charge is -2.29. The predicted octanol–water partition coefficient (Wildman–Crippen LogP) is 3.20. The van der Waals surface area contributed by atoms with Crippen molar-refractivity contribution in [3.8, 4) is 0 Å². The summed E-state index contributed by atoms with van der Waals surface area (Å²) in [6, 6.07) is 4.31. The highest BCUT2D eigenvalue weighted by Crippen LogP contribution is 2.23. The fourth-order valence-corrected chi connectivity index (χ4v) is 3.52. The van der Waals surface area contributed by atoms with Crippen LogP contribution < -0.4 is 0 Å². The van der Waals surface area contributed by atoms with Crippen molar-refractivity contribution >= 4 is 33.2 Å². The van der Waals surface area contributed by atoms with E-state index < -0.39 is 0 Å². The normalized spacial score (nSPS) is 21.5. The first-order chi connectivity index (χ1) is 7.70. The quantitative estimate of drug-likeness (QED) is 0.785. The molecule has 1 atom stereocenters. The number of piperidine rings is 1. The summed E-state index contributed by atoms with van der Waals surface area (Å²) in [5.74, 6) is 0.248. The van der Waals surface area contributed by atoms with Crippen molar-refractivity contribution < 1.29 is 4.79 Å². The van der Waals surface area contributed by atoms with Gasteiger partial charge in [-0.3, -0.25) is 4.79 Å². The standard InChI is InChI=1S/C12H16BrNOS/c1-2-9-5-6-10(16-9)8-14-7-3-4-11(13)12(14)15/h5-6,11H,2-4,7-8H2,1H3. The molecule has 1 aromatic heterocycles. The predicted molar refractivity (Wildman–Crippen MR) is 71.1 cm³/mol. The van der Waals surface area contributed by atoms with Gasteiger partial charge < -0.3 is 4.90 Å². The fraction of sp³-hybridized carbons (Fsp3) is 0.583. The number of likely N-dealkylation sites (tertiary alicyclic amines) is 1. The second-order valence-corrected chi connectivity index (χ2v) is 6.45. The van der Waals surface area contributed by atoms with Crippen molar-refractivity contribution in [2.45, 2.75) is 37.6 Å². The van der Waals surface area contributed by atoms with E-state index in [1.165, 1.54) is 9.75 Å². The number of hydrogen-bond acceptors (Lipinski definition) is 2. The number of amides is 1. The van der Waals surface area contributed by atoms with Crippen LogP contribution in [-0.2, 0) is 17.8 Å². The minimum Gasteiger partial charge on any atom is -0.337 e. The van der Waals surface area contributed by atoms with E-state index in [1.807, 2.05) is 16.2 Å². The molecule has 0 spiro atoms. The highest BCUT2D eigenvalue weighted by Gasteiger charge is 2.26. The van der Waals surface area contributed by atoms with E-state index in [9.17, 15) is 4.79 Å². The molecule has 0 aromatic carbocycles. The maximum atomic E-state index is 11.9. The Bertz CT molecular complexity index is 377. The van der Waals surface area contributed by atoms with Crippen LogP contribution >= 0.6 is 27.3 Å². The lowest BCUT2D eigenvalue weighted by Crippen LogP contribution is -2.40. The van der Waals surface area contributed by atoms with Crippen LogP contribution in [0, 0.1) is 0 Å². The molecule has 0 saturated carbocycles. The van der Waals surface area contributed by atoms with Crippen LogP contribution in [0.4, 0.5) is 0 Å². The summed E-state index contributed by atoms with van der Waals surface area (Å²) in [5.41, 5.74) is 0. The molecule has 2 heterocycles. The van der Waals surface area contributed by atoms with Gasteiger partial charge in [0.15, 0.2) is 0 Å². The van der Waals surface area contributed by atoms with Gasteiger partial charge in [-0.25, -0.2) is 0 Å². The Hall–Kier alpha value is -0.350. The number of hydrogen-bond donors (Lipinski definition) is 0. The summed E-state index contributed by atoms with van der Waals surface area (Å²) in [6.07, 6.45) is 3.16. The first-order valence-electron chi connectivity index (χ1n) is 5.71. The second-order valence-electron chi connectivity index (χ2n) is 4.09. The Balaban J connectivity index is 2.00. The molecule has 0 aliphatic carbocycles. The van der Waals surface area contributed by atoms with Crippen molar-refractivity contribution in [1.82, 2.24) is 4.90 Å². The third-order valence-electron chi connectivity index (χ3n) is 2.88. The van der Waals surface area contributed by atoms with Gasteiger partial charge in [-0.15, -0.1) is 11.3 Å². The van der Waals surface area contributed by atoms with Gasteiger partial charge in [-0.1, -0.05) is 22.9 Å². The van der Waals surface area contributed by atoms with Gasteiger partial charge in [-0.2, -0.15) is 0 Å². The molecule has 1 aromatic rings. The van der Waals surface area contributed by atoms with Crippen LogP contribution in [0.25, 0.3) is 0 Å². The number of aryl methyl sites for hydroxylation is 1. The van der Waals surface area contributed by atoms with Gasteiger partial charge in [0, 0.05) is 16.3 Å². The van der Waals surface area contributed by atoms with E-state index in [4.69, 9.17) is 0 Å². The molecule has 1 fully saturated rings. The minimum absolute atomic E-state index is 0.0341. The molecule has 0 N–H and O–H groups in total. The summed E-state index contributed by atoms with van der Waals surface area (Å²) in [4.78, 5) is 16.6. The van der Waals surface area contributed by atoms with Gasteiger partial charge in [0.05, 0.1) is 11.4 Å². The molecule has 1 aliphatic rings. The largest absolute Gasteiger partial charge is 0.337 e. The third-order valence-corrected chi connectivity index (χ3v) is 4.94. The summed E-state index contributed by atoms with van der Waals surface area (Å²) in [5, 5.41) is 0. The van der Waals surface area contributed by atoms with Crippen LogP contribution in [0.5, 0.6) is 0 Å². The molecule has 1 saturated heterocycles. The smallest absolute Gasteiger partial charge is 0.236 e. The van der Waals surface area contributed by atoms with E-state index in [-0.39, 0.29) is 10.7 Å². The average molecular weight is 302 g/mol. The monoisotopic (exact) mass is 301 g/mol. The number of alkyl halides is 1. The van der Waals surface area contributed by atoms with Crippen molar-refractivity contribution in [3.05, 3.63) is 21.9 Å². The summed E-state index contributed by atoms with van der Waals surface area (Å²) < 4.78 is 0. The maximum absolute atomic E-state index is 11.9. The van der Waals surface area contributed by atoms with E-state index in [1.54, 1.807) is 0 Å². The topological polar surface area (TPSA) is 20.3 Å². The first kappa shape index (κ1) is 12.1. The van der Waals surface area contributed by atoms with Gasteiger partial charge in [0.25, 0.3) is 0 Å². The molecule has 1 unspecified atom stereocenters. The molecule has 4 heteroatoms. The Morgan fingerprint density at radius 2 is 2.25 bits per heavy atom. The highest BCUT2D eigenvalue weighted by atomic mass is 79.9. The van der Waals surface area contributed by atoms with Gasteiger partial charge >= 0.3 is 0 Å². The number of nitrogens with zero attached hydrogens (tertiary/aromatic N) is 1. The fourth-order valence-electron chi connectivity index (χ4n) is 1.94. The van der Waals surface area contributed by atoms with E-state index in [0.717, 1.165) is 32.4 Å². The molecule has 2 rings (SSSR count). The summed E-state index contributed by atoms with van der Waals surface area (Å²) in [6.45, 7) is 3.85. The van der Waals surface area contributed by atoms with Crippen LogP contribution in [0.3, 0.4) is 0 Å². The Kier molecular flexibility index (Phi) is 4.03. The Morgan fingerprint density at radius 1 is 1.50 bits per heavy atom. The molecule has 2 nitrogen and oxygen atoms in total. The molecule has 0 bridgehead atoms. The van der Waals surface area contributed by atoms with Crippen LogP contribution in [0.1, 0.15) is 29.5 Å². The van der Waals surface area contributed by atoms with Gasteiger partial charge in [0.1, 0.15) is 0 Å². The molecule has 0 radical (unpaired) electrons. The maximum Gasteiger partial charge on any atom is 0.236 e. The van der Waals surface area contributed by atoms with Crippen molar-refractivity contribution in [3.63, 3.8) is 0 Å². The van der Waals surface area contributed by atoms with Crippen LogP contribution in [-0.4, -0.2) is 22.2 Å². The first-order valence-corrected chi connectivity index (χ1v) is 7.44. The van der Waals surface area contributed by atoms with Gasteiger partial charge in [0.2, 0.25) is 5.91 Å². The van der Waals surface area contributed by atoms with Crippen LogP contribution in [0.2, 0.25) is 0 Å². The number of thiophene rings is 1. The molecule has 16 heavy (non-hydrogen) atoms. The van der Waals surface area contributed by atoms with Crippen molar-refractivity contribution in [2.24, 2.45) is 0 Å². The number of halogens is 1. The minimum atomic E-state index is 0.0341. The summed E-state index contributed by atoms with van der Waals surface area (Å²) in [7, 11) is 0. The lowest BCUT2D eigenvalue weighted by molar-refractivity contribution is -0.132. The zero-order valence-corrected chi connectivity index (χ0v) is 11.8. The van der Waals surface area contributed by atoms with Crippen molar-refractivity contribution in [2.75, 3.05) is 6.54 Å². The SMILES string of the molecule is CCc1ccc(CN2CCCC(Br)C2=O)s1. The van der Waals surface area contributed by atoms with E-state index in [0.29, 0.717) is 0 Å². The zero-order chi connectivity index (χ0) is 11.5. The van der Waals surface area contributed by atoms with E-state index in [2.05, 4.69) is 35.0 Å². The molecule has 1 amide bonds. The Labute approximate surface area is 109 Å². The van der Waals surface area contributed by atoms with Gasteiger partial charge in [-0.05, 0) is 31.4 Å². The molecular formula is C12H16BrNOS. The highest BCUT2D eigenvalue weighted by molar-refractivity contribution is 9.10. The zero-order valence-electron chi connectivity index (χ0n) is 9.41. The van der Waals surface area contributed by atoms with E-state index >= 15 is 0 Å². The molecule has 1 aliphatic heterocycles. The van der Waals surface area contributed by atoms with Crippen molar-refractivity contribution in [1.29, 1.82) is 0 Å². The number of carbonyl (C=O) groups excluding carboxylic acids is 1. The van der Waals surface area contributed by atoms with Crippen LogP contribution in [0.15, 0.2) is 12.1 Å². The second kappa shape index (κ2) is 5.32. The number of carbonyl (C=O) groups is 1. The molecular weight excluding hydrogens is 286 g/mol. The lowest BCUT2D eigenvalue weighted by atomic mass is 10.1. The average Bonchev–Trinajstić information content (AvgIpc) is 2.73. The Morgan fingerprint density at radius 3 is 2.94 bits per heavy atom. The summed E-state index contributed by atoms with van der Waals surface area (Å²) >= 11 is 5.26.